The molecular weight excluding hydrogens is 481 g/mol. The van der Waals surface area contributed by atoms with Crippen LogP contribution in [0.4, 0.5) is 4.79 Å². The van der Waals surface area contributed by atoms with E-state index in [2.05, 4.69) is 5.10 Å². The lowest BCUT2D eigenvalue weighted by Crippen LogP contribution is -2.42. The molecule has 3 rings (SSSR count). The van der Waals surface area contributed by atoms with E-state index in [9.17, 15) is 14.7 Å². The van der Waals surface area contributed by atoms with Gasteiger partial charge in [0.05, 0.1) is 41.1 Å². The Morgan fingerprint density at radius 2 is 1.94 bits per heavy atom. The largest absolute Gasteiger partial charge is 0.465 e. The van der Waals surface area contributed by atoms with Gasteiger partial charge in [0.1, 0.15) is 5.56 Å². The zero-order chi connectivity index (χ0) is 25.2. The fraction of sp³-hybridized carbons (Fsp3) is 0.542. The lowest BCUT2D eigenvalue weighted by atomic mass is 9.88. The zero-order valence-corrected chi connectivity index (χ0v) is 21.6. The molecule has 1 unspecified atom stereocenters. The second kappa shape index (κ2) is 10.5. The number of aryl methyl sites for hydroxylation is 1. The molecule has 0 saturated carbocycles. The maximum Gasteiger partial charge on any atom is 0.407 e. The third-order valence-electron chi connectivity index (χ3n) is 5.94. The molecule has 1 amide bonds. The fourth-order valence-electron chi connectivity index (χ4n) is 4.14. The molecule has 0 radical (unpaired) electrons. The highest BCUT2D eigenvalue weighted by atomic mass is 35.5. The standard InChI is InChI=1S/C24H31Cl2N3O5/c1-6-33-22(30)16-12-28(5)27-19(16)10-15-11-29(23(31)32)13-20(24(2,3)4)34-21(15)14-7-8-17(25)18(26)9-14/h7-9,12,15,20-21H,6,10-11,13H2,1-5H3,(H,31,32)/t15-,20?,21+/m1/s1. The number of hydrogen-bond donors (Lipinski definition) is 1. The summed E-state index contributed by atoms with van der Waals surface area (Å²) < 4.78 is 13.4. The maximum absolute atomic E-state index is 12.5. The van der Waals surface area contributed by atoms with Crippen LogP contribution in [0.2, 0.25) is 10.0 Å². The Kier molecular flexibility index (Phi) is 8.16. The number of carboxylic acid groups (broad SMARTS) is 1. The summed E-state index contributed by atoms with van der Waals surface area (Å²) in [4.78, 5) is 26.0. The number of carbonyl (C=O) groups is 2. The van der Waals surface area contributed by atoms with Crippen LogP contribution >= 0.6 is 23.2 Å². The summed E-state index contributed by atoms with van der Waals surface area (Å²) in [5, 5.41) is 15.2. The number of carbonyl (C=O) groups excluding carboxylic acids is 1. The van der Waals surface area contributed by atoms with Crippen LogP contribution in [-0.2, 0) is 22.9 Å². The number of nitrogens with zero attached hydrogens (tertiary/aromatic N) is 3. The van der Waals surface area contributed by atoms with Gasteiger partial charge in [-0.2, -0.15) is 5.10 Å². The van der Waals surface area contributed by atoms with E-state index in [1.54, 1.807) is 37.0 Å². The van der Waals surface area contributed by atoms with Gasteiger partial charge in [-0.15, -0.1) is 0 Å². The molecule has 0 aliphatic carbocycles. The summed E-state index contributed by atoms with van der Waals surface area (Å²) >= 11 is 12.5. The second-order valence-corrected chi connectivity index (χ2v) is 10.4. The molecule has 1 aromatic carbocycles. The number of ether oxygens (including phenoxy) is 2. The van der Waals surface area contributed by atoms with E-state index in [-0.39, 0.29) is 37.1 Å². The van der Waals surface area contributed by atoms with E-state index >= 15 is 0 Å². The van der Waals surface area contributed by atoms with E-state index < -0.39 is 18.2 Å². The molecule has 2 aromatic rings. The third-order valence-corrected chi connectivity index (χ3v) is 6.68. The van der Waals surface area contributed by atoms with Crippen molar-refractivity contribution in [2.45, 2.75) is 46.3 Å². The van der Waals surface area contributed by atoms with Crippen LogP contribution in [0.1, 0.15) is 55.4 Å². The van der Waals surface area contributed by atoms with Gasteiger partial charge in [-0.05, 0) is 36.5 Å². The molecule has 8 nitrogen and oxygen atoms in total. The molecule has 1 N–H and O–H groups in total. The average Bonchev–Trinajstić information content (AvgIpc) is 2.98. The number of rotatable bonds is 5. The smallest absolute Gasteiger partial charge is 0.407 e. The van der Waals surface area contributed by atoms with E-state index in [1.807, 2.05) is 26.8 Å². The quantitative estimate of drug-likeness (QED) is 0.552. The van der Waals surface area contributed by atoms with Crippen molar-refractivity contribution >= 4 is 35.3 Å². The summed E-state index contributed by atoms with van der Waals surface area (Å²) in [6.07, 6.45) is 0.0259. The fourth-order valence-corrected chi connectivity index (χ4v) is 4.45. The van der Waals surface area contributed by atoms with Crippen LogP contribution in [0, 0.1) is 11.3 Å². The Bertz CT molecular complexity index is 1050. The summed E-state index contributed by atoms with van der Waals surface area (Å²) in [7, 11) is 1.73. The van der Waals surface area contributed by atoms with Crippen LogP contribution in [0.5, 0.6) is 0 Å². The minimum absolute atomic E-state index is 0.200. The molecule has 1 aliphatic rings. The zero-order valence-electron chi connectivity index (χ0n) is 20.0. The van der Waals surface area contributed by atoms with Gasteiger partial charge in [-0.1, -0.05) is 50.0 Å². The molecule has 1 fully saturated rings. The highest BCUT2D eigenvalue weighted by Gasteiger charge is 2.40. The van der Waals surface area contributed by atoms with Gasteiger partial charge in [-0.25, -0.2) is 9.59 Å². The van der Waals surface area contributed by atoms with Gasteiger partial charge >= 0.3 is 12.1 Å². The Balaban J connectivity index is 2.07. The summed E-state index contributed by atoms with van der Waals surface area (Å²) in [6, 6.07) is 5.30. The van der Waals surface area contributed by atoms with Gasteiger partial charge in [0, 0.05) is 25.7 Å². The van der Waals surface area contributed by atoms with Crippen molar-refractivity contribution in [3.8, 4) is 0 Å². The minimum Gasteiger partial charge on any atom is -0.465 e. The normalized spacial score (nSPS) is 21.3. The molecule has 186 valence electrons. The first-order chi connectivity index (χ1) is 15.9. The van der Waals surface area contributed by atoms with Crippen molar-refractivity contribution in [2.75, 3.05) is 19.7 Å². The molecule has 1 aliphatic heterocycles. The molecule has 3 atom stereocenters. The van der Waals surface area contributed by atoms with Crippen molar-refractivity contribution in [2.24, 2.45) is 18.4 Å². The molecule has 1 aromatic heterocycles. The number of aromatic nitrogens is 2. The van der Waals surface area contributed by atoms with Crippen LogP contribution in [0.15, 0.2) is 24.4 Å². The number of amides is 1. The Labute approximate surface area is 209 Å². The first-order valence-corrected chi connectivity index (χ1v) is 11.9. The molecule has 34 heavy (non-hydrogen) atoms. The van der Waals surface area contributed by atoms with Crippen LogP contribution in [0.3, 0.4) is 0 Å². The average molecular weight is 512 g/mol. The highest BCUT2D eigenvalue weighted by Crippen LogP contribution is 2.39. The van der Waals surface area contributed by atoms with E-state index in [0.29, 0.717) is 27.7 Å². The molecule has 0 bridgehead atoms. The van der Waals surface area contributed by atoms with Crippen molar-refractivity contribution in [3.05, 3.63) is 51.3 Å². The first kappa shape index (κ1) is 26.3. The lowest BCUT2D eigenvalue weighted by molar-refractivity contribution is -0.0769. The van der Waals surface area contributed by atoms with E-state index in [4.69, 9.17) is 32.7 Å². The van der Waals surface area contributed by atoms with Crippen molar-refractivity contribution in [1.29, 1.82) is 0 Å². The van der Waals surface area contributed by atoms with Crippen molar-refractivity contribution in [3.63, 3.8) is 0 Å². The Morgan fingerprint density at radius 3 is 2.53 bits per heavy atom. The third kappa shape index (κ3) is 6.03. The minimum atomic E-state index is -1.02. The van der Waals surface area contributed by atoms with Gasteiger partial charge < -0.3 is 19.5 Å². The monoisotopic (exact) mass is 511 g/mol. The maximum atomic E-state index is 12.5. The number of esters is 1. The molecular formula is C24H31Cl2N3O5. The topological polar surface area (TPSA) is 93.9 Å². The first-order valence-electron chi connectivity index (χ1n) is 11.2. The Hall–Kier alpha value is -2.29. The van der Waals surface area contributed by atoms with Crippen molar-refractivity contribution in [1.82, 2.24) is 14.7 Å². The summed E-state index contributed by atoms with van der Waals surface area (Å²) in [5.41, 5.74) is 1.35. The van der Waals surface area contributed by atoms with E-state index in [1.165, 1.54) is 4.90 Å². The highest BCUT2D eigenvalue weighted by molar-refractivity contribution is 6.42. The van der Waals surface area contributed by atoms with Gasteiger partial charge in [0.25, 0.3) is 0 Å². The molecule has 10 heteroatoms. The number of benzene rings is 1. The van der Waals surface area contributed by atoms with Crippen LogP contribution in [0.25, 0.3) is 0 Å². The van der Waals surface area contributed by atoms with Crippen molar-refractivity contribution < 1.29 is 24.2 Å². The van der Waals surface area contributed by atoms with Gasteiger partial charge in [-0.3, -0.25) is 4.68 Å². The number of hydrogen-bond acceptors (Lipinski definition) is 5. The predicted molar refractivity (Wildman–Crippen MR) is 129 cm³/mol. The lowest BCUT2D eigenvalue weighted by Gasteiger charge is -2.34. The van der Waals surface area contributed by atoms with Crippen LogP contribution in [-0.4, -0.2) is 57.6 Å². The van der Waals surface area contributed by atoms with E-state index in [0.717, 1.165) is 5.56 Å². The second-order valence-electron chi connectivity index (χ2n) is 9.62. The number of halogens is 2. The van der Waals surface area contributed by atoms with Gasteiger partial charge in [0.2, 0.25) is 0 Å². The van der Waals surface area contributed by atoms with Crippen LogP contribution < -0.4 is 0 Å². The molecule has 2 heterocycles. The summed E-state index contributed by atoms with van der Waals surface area (Å²) in [5.74, 6) is -0.808. The van der Waals surface area contributed by atoms with Gasteiger partial charge in [0.15, 0.2) is 0 Å². The SMILES string of the molecule is CCOC(=O)c1cn(C)nc1C[C@@H]1CN(C(=O)O)CC(C(C)(C)C)O[C@H]1c1ccc(Cl)c(Cl)c1. The molecule has 1 saturated heterocycles. The predicted octanol–water partition coefficient (Wildman–Crippen LogP) is 5.23. The molecule has 0 spiro atoms. The summed E-state index contributed by atoms with van der Waals surface area (Å²) in [6.45, 7) is 8.45. The Morgan fingerprint density at radius 1 is 1.24 bits per heavy atom.